The molecule has 2 nitrogen and oxygen atoms in total. The van der Waals surface area contributed by atoms with Gasteiger partial charge in [0.2, 0.25) is 0 Å². The van der Waals surface area contributed by atoms with Crippen molar-refractivity contribution in [2.75, 3.05) is 0 Å². The normalized spacial score (nSPS) is 17.1. The molecule has 0 atom stereocenters. The smallest absolute Gasteiger partial charge is 0.0576 e. The van der Waals surface area contributed by atoms with E-state index < -0.39 is 0 Å². The lowest BCUT2D eigenvalue weighted by molar-refractivity contribution is 0.409. The molecule has 0 spiro atoms. The summed E-state index contributed by atoms with van der Waals surface area (Å²) in [5, 5.41) is 0. The van der Waals surface area contributed by atoms with Crippen molar-refractivity contribution in [3.8, 4) is 0 Å². The number of hydrogen-bond donors (Lipinski definition) is 1. The van der Waals surface area contributed by atoms with E-state index in [0.29, 0.717) is 12.5 Å². The molecule has 1 fully saturated rings. The second-order valence-electron chi connectivity index (χ2n) is 3.54. The van der Waals surface area contributed by atoms with Gasteiger partial charge >= 0.3 is 0 Å². The van der Waals surface area contributed by atoms with E-state index in [1.54, 1.807) is 0 Å². The number of pyridine rings is 1. The van der Waals surface area contributed by atoms with Crippen LogP contribution in [0.2, 0.25) is 0 Å². The summed E-state index contributed by atoms with van der Waals surface area (Å²) >= 11 is 3.55. The van der Waals surface area contributed by atoms with E-state index >= 15 is 0 Å². The van der Waals surface area contributed by atoms with Crippen LogP contribution in [0.15, 0.2) is 16.7 Å². The van der Waals surface area contributed by atoms with Gasteiger partial charge in [-0.1, -0.05) is 6.42 Å². The molecular formula is C10H13BrN2. The Kier molecular flexibility index (Phi) is 2.65. The summed E-state index contributed by atoms with van der Waals surface area (Å²) in [5.74, 6) is 0.682. The SMILES string of the molecule is NCc1cnc(C2CCC2)c(Br)c1. The van der Waals surface area contributed by atoms with E-state index in [-0.39, 0.29) is 0 Å². The van der Waals surface area contributed by atoms with E-state index in [2.05, 4.69) is 27.0 Å². The first kappa shape index (κ1) is 9.16. The third-order valence-corrected chi connectivity index (χ3v) is 3.29. The van der Waals surface area contributed by atoms with Gasteiger partial charge < -0.3 is 5.73 Å². The highest BCUT2D eigenvalue weighted by Crippen LogP contribution is 2.38. The monoisotopic (exact) mass is 240 g/mol. The summed E-state index contributed by atoms with van der Waals surface area (Å²) in [6, 6.07) is 2.08. The Morgan fingerprint density at radius 1 is 1.54 bits per heavy atom. The molecule has 3 heteroatoms. The van der Waals surface area contributed by atoms with Gasteiger partial charge in [-0.3, -0.25) is 4.98 Å². The maximum atomic E-state index is 5.53. The van der Waals surface area contributed by atoms with Crippen LogP contribution in [0.4, 0.5) is 0 Å². The zero-order chi connectivity index (χ0) is 9.26. The molecular weight excluding hydrogens is 228 g/mol. The lowest BCUT2D eigenvalue weighted by Crippen LogP contribution is -2.11. The number of hydrogen-bond acceptors (Lipinski definition) is 2. The van der Waals surface area contributed by atoms with Gasteiger partial charge in [-0.25, -0.2) is 0 Å². The van der Waals surface area contributed by atoms with Gasteiger partial charge in [0, 0.05) is 23.1 Å². The molecule has 0 amide bonds. The van der Waals surface area contributed by atoms with E-state index in [4.69, 9.17) is 5.73 Å². The third-order valence-electron chi connectivity index (χ3n) is 2.65. The molecule has 0 radical (unpaired) electrons. The first-order valence-corrected chi connectivity index (χ1v) is 5.45. The van der Waals surface area contributed by atoms with Crippen molar-refractivity contribution in [2.45, 2.75) is 31.7 Å². The molecule has 2 rings (SSSR count). The highest BCUT2D eigenvalue weighted by atomic mass is 79.9. The van der Waals surface area contributed by atoms with Crippen LogP contribution < -0.4 is 5.73 Å². The van der Waals surface area contributed by atoms with Gasteiger partial charge in [-0.2, -0.15) is 0 Å². The summed E-state index contributed by atoms with van der Waals surface area (Å²) < 4.78 is 1.13. The second-order valence-corrected chi connectivity index (χ2v) is 4.40. The minimum absolute atomic E-state index is 0.566. The Morgan fingerprint density at radius 3 is 2.77 bits per heavy atom. The van der Waals surface area contributed by atoms with Crippen LogP contribution in [-0.4, -0.2) is 4.98 Å². The highest BCUT2D eigenvalue weighted by Gasteiger charge is 2.22. The second kappa shape index (κ2) is 3.76. The maximum absolute atomic E-state index is 5.53. The molecule has 2 N–H and O–H groups in total. The molecule has 1 aliphatic rings. The Morgan fingerprint density at radius 2 is 2.31 bits per heavy atom. The van der Waals surface area contributed by atoms with Crippen LogP contribution in [0.3, 0.4) is 0 Å². The van der Waals surface area contributed by atoms with E-state index in [1.165, 1.54) is 25.0 Å². The summed E-state index contributed by atoms with van der Waals surface area (Å²) in [5.41, 5.74) is 7.83. The average molecular weight is 241 g/mol. The quantitative estimate of drug-likeness (QED) is 0.864. The Bertz CT molecular complexity index is 308. The molecule has 1 aromatic heterocycles. The van der Waals surface area contributed by atoms with Crippen LogP contribution in [0.1, 0.15) is 36.4 Å². The fourth-order valence-electron chi connectivity index (χ4n) is 1.58. The van der Waals surface area contributed by atoms with Crippen molar-refractivity contribution in [1.82, 2.24) is 4.98 Å². The number of rotatable bonds is 2. The molecule has 1 aromatic rings. The molecule has 0 saturated heterocycles. The summed E-state index contributed by atoms with van der Waals surface area (Å²) in [6.45, 7) is 0.566. The maximum Gasteiger partial charge on any atom is 0.0576 e. The minimum atomic E-state index is 0.566. The van der Waals surface area contributed by atoms with Crippen LogP contribution >= 0.6 is 15.9 Å². The predicted octanol–water partition coefficient (Wildman–Crippen LogP) is 2.57. The molecule has 0 aliphatic heterocycles. The van der Waals surface area contributed by atoms with Crippen molar-refractivity contribution in [3.63, 3.8) is 0 Å². The Balaban J connectivity index is 2.26. The molecule has 0 unspecified atom stereocenters. The first-order chi connectivity index (χ1) is 6.31. The molecule has 0 bridgehead atoms. The van der Waals surface area contributed by atoms with Crippen molar-refractivity contribution in [3.05, 3.63) is 28.0 Å². The van der Waals surface area contributed by atoms with Crippen molar-refractivity contribution < 1.29 is 0 Å². The zero-order valence-electron chi connectivity index (χ0n) is 7.46. The van der Waals surface area contributed by atoms with E-state index in [9.17, 15) is 0 Å². The van der Waals surface area contributed by atoms with Gasteiger partial charge in [0.15, 0.2) is 0 Å². The molecule has 1 heterocycles. The lowest BCUT2D eigenvalue weighted by atomic mass is 9.82. The summed E-state index contributed by atoms with van der Waals surface area (Å²) in [4.78, 5) is 4.44. The fraction of sp³-hybridized carbons (Fsp3) is 0.500. The van der Waals surface area contributed by atoms with E-state index in [1.807, 2.05) is 6.20 Å². The number of aromatic nitrogens is 1. The largest absolute Gasteiger partial charge is 0.326 e. The Hall–Kier alpha value is -0.410. The van der Waals surface area contributed by atoms with Crippen molar-refractivity contribution in [2.24, 2.45) is 5.73 Å². The minimum Gasteiger partial charge on any atom is -0.326 e. The average Bonchev–Trinajstić information content (AvgIpc) is 2.05. The molecule has 0 aromatic carbocycles. The van der Waals surface area contributed by atoms with Crippen LogP contribution in [0.5, 0.6) is 0 Å². The first-order valence-electron chi connectivity index (χ1n) is 4.65. The Labute approximate surface area is 86.7 Å². The van der Waals surface area contributed by atoms with Gasteiger partial charge in [0.25, 0.3) is 0 Å². The summed E-state index contributed by atoms with van der Waals surface area (Å²) in [7, 11) is 0. The van der Waals surface area contributed by atoms with E-state index in [0.717, 1.165) is 10.0 Å². The number of halogens is 1. The van der Waals surface area contributed by atoms with Gasteiger partial charge in [-0.05, 0) is 40.4 Å². The van der Waals surface area contributed by atoms with Crippen molar-refractivity contribution in [1.29, 1.82) is 0 Å². The lowest BCUT2D eigenvalue weighted by Gasteiger charge is -2.25. The number of nitrogens with two attached hydrogens (primary N) is 1. The van der Waals surface area contributed by atoms with Crippen LogP contribution in [0.25, 0.3) is 0 Å². The topological polar surface area (TPSA) is 38.9 Å². The zero-order valence-corrected chi connectivity index (χ0v) is 9.05. The van der Waals surface area contributed by atoms with Gasteiger partial charge in [0.05, 0.1) is 5.69 Å². The molecule has 1 aliphatic carbocycles. The molecule has 1 saturated carbocycles. The predicted molar refractivity (Wildman–Crippen MR) is 56.4 cm³/mol. The summed E-state index contributed by atoms with van der Waals surface area (Å²) in [6.07, 6.45) is 5.80. The van der Waals surface area contributed by atoms with Crippen molar-refractivity contribution >= 4 is 15.9 Å². The van der Waals surface area contributed by atoms with Gasteiger partial charge in [0.1, 0.15) is 0 Å². The molecule has 13 heavy (non-hydrogen) atoms. The fourth-order valence-corrected chi connectivity index (χ4v) is 2.30. The van der Waals surface area contributed by atoms with Crippen LogP contribution in [-0.2, 0) is 6.54 Å². The highest BCUT2D eigenvalue weighted by molar-refractivity contribution is 9.10. The standard InChI is InChI=1S/C10H13BrN2/c11-9-4-7(5-12)6-13-10(9)8-2-1-3-8/h4,6,8H,1-3,5,12H2. The van der Waals surface area contributed by atoms with Gasteiger partial charge in [-0.15, -0.1) is 0 Å². The van der Waals surface area contributed by atoms with Crippen LogP contribution in [0, 0.1) is 0 Å². The third kappa shape index (κ3) is 1.76. The number of nitrogens with zero attached hydrogens (tertiary/aromatic N) is 1. The molecule has 70 valence electrons.